The number of benzene rings is 1. The maximum absolute atomic E-state index is 5.24. The lowest BCUT2D eigenvalue weighted by atomic mass is 10.0. The van der Waals surface area contributed by atoms with Gasteiger partial charge in [-0.05, 0) is 57.0 Å². The fourth-order valence-electron chi connectivity index (χ4n) is 3.21. The summed E-state index contributed by atoms with van der Waals surface area (Å²) in [5.74, 6) is 0.926. The average Bonchev–Trinajstić information content (AvgIpc) is 2.53. The second kappa shape index (κ2) is 8.40. The van der Waals surface area contributed by atoms with Crippen LogP contribution in [0.3, 0.4) is 0 Å². The molecule has 2 rings (SSSR count). The number of hydrogen-bond acceptors (Lipinski definition) is 3. The minimum Gasteiger partial charge on any atom is -0.497 e. The van der Waals surface area contributed by atoms with E-state index in [0.717, 1.165) is 18.7 Å². The van der Waals surface area contributed by atoms with Gasteiger partial charge < -0.3 is 15.0 Å². The number of methoxy groups -OCH3 is 1. The van der Waals surface area contributed by atoms with E-state index in [1.165, 1.54) is 37.9 Å². The van der Waals surface area contributed by atoms with Gasteiger partial charge in [-0.1, -0.05) is 25.5 Å². The van der Waals surface area contributed by atoms with Crippen LogP contribution in [0.2, 0.25) is 0 Å². The molecular formula is C18H30N2O. The predicted octanol–water partition coefficient (Wildman–Crippen LogP) is 3.61. The van der Waals surface area contributed by atoms with Gasteiger partial charge in [-0.15, -0.1) is 0 Å². The summed E-state index contributed by atoms with van der Waals surface area (Å²) in [6.45, 7) is 8.25. The zero-order valence-corrected chi connectivity index (χ0v) is 13.8. The van der Waals surface area contributed by atoms with Gasteiger partial charge in [0.05, 0.1) is 7.11 Å². The monoisotopic (exact) mass is 290 g/mol. The lowest BCUT2D eigenvalue weighted by Crippen LogP contribution is -2.42. The molecule has 0 aromatic heterocycles. The van der Waals surface area contributed by atoms with Crippen LogP contribution in [0.15, 0.2) is 24.3 Å². The van der Waals surface area contributed by atoms with E-state index in [2.05, 4.69) is 48.3 Å². The largest absolute Gasteiger partial charge is 0.497 e. The van der Waals surface area contributed by atoms with Crippen molar-refractivity contribution in [3.63, 3.8) is 0 Å². The minimum atomic E-state index is 0.427. The Morgan fingerprint density at radius 1 is 1.14 bits per heavy atom. The summed E-state index contributed by atoms with van der Waals surface area (Å²) < 4.78 is 5.24. The molecule has 1 saturated heterocycles. The fourth-order valence-corrected chi connectivity index (χ4v) is 3.21. The SMILES string of the molecule is CCC(NC(C)CN1CCCCC1)c1ccc(OC)cc1. The van der Waals surface area contributed by atoms with Crippen LogP contribution in [0.4, 0.5) is 0 Å². The normalized spacial score (nSPS) is 19.2. The molecular weight excluding hydrogens is 260 g/mol. The quantitative estimate of drug-likeness (QED) is 0.830. The molecule has 1 aliphatic rings. The fraction of sp³-hybridized carbons (Fsp3) is 0.667. The average molecular weight is 290 g/mol. The van der Waals surface area contributed by atoms with E-state index in [9.17, 15) is 0 Å². The van der Waals surface area contributed by atoms with Gasteiger partial charge in [0.15, 0.2) is 0 Å². The summed E-state index contributed by atoms with van der Waals surface area (Å²) in [5, 5.41) is 3.79. The molecule has 1 N–H and O–H groups in total. The Balaban J connectivity index is 1.87. The topological polar surface area (TPSA) is 24.5 Å². The summed E-state index contributed by atoms with van der Waals surface area (Å²) in [7, 11) is 1.71. The van der Waals surface area contributed by atoms with Crippen molar-refractivity contribution >= 4 is 0 Å². The van der Waals surface area contributed by atoms with Gasteiger partial charge in [-0.25, -0.2) is 0 Å². The molecule has 1 aliphatic heterocycles. The van der Waals surface area contributed by atoms with Crippen molar-refractivity contribution in [2.75, 3.05) is 26.7 Å². The predicted molar refractivity (Wildman–Crippen MR) is 88.9 cm³/mol. The molecule has 118 valence electrons. The van der Waals surface area contributed by atoms with Crippen molar-refractivity contribution in [1.29, 1.82) is 0 Å². The third-order valence-electron chi connectivity index (χ3n) is 4.39. The molecule has 2 atom stereocenters. The zero-order chi connectivity index (χ0) is 15.1. The summed E-state index contributed by atoms with van der Waals surface area (Å²) in [5.41, 5.74) is 1.35. The first-order chi connectivity index (χ1) is 10.2. The van der Waals surface area contributed by atoms with Crippen molar-refractivity contribution in [2.45, 2.75) is 51.6 Å². The Morgan fingerprint density at radius 2 is 1.81 bits per heavy atom. The van der Waals surface area contributed by atoms with E-state index in [1.54, 1.807) is 7.11 Å². The number of piperidine rings is 1. The molecule has 1 heterocycles. The first kappa shape index (κ1) is 16.3. The lowest BCUT2D eigenvalue weighted by molar-refractivity contribution is 0.203. The molecule has 0 bridgehead atoms. The number of ether oxygens (including phenoxy) is 1. The Bertz CT molecular complexity index is 398. The molecule has 1 fully saturated rings. The molecule has 3 heteroatoms. The Hall–Kier alpha value is -1.06. The van der Waals surface area contributed by atoms with Gasteiger partial charge >= 0.3 is 0 Å². The third-order valence-corrected chi connectivity index (χ3v) is 4.39. The highest BCUT2D eigenvalue weighted by Gasteiger charge is 2.16. The summed E-state index contributed by atoms with van der Waals surface area (Å²) in [4.78, 5) is 2.60. The minimum absolute atomic E-state index is 0.427. The van der Waals surface area contributed by atoms with E-state index >= 15 is 0 Å². The summed E-state index contributed by atoms with van der Waals surface area (Å²) in [6, 6.07) is 9.40. The molecule has 0 amide bonds. The van der Waals surface area contributed by atoms with Gasteiger partial charge in [0.1, 0.15) is 5.75 Å². The van der Waals surface area contributed by atoms with Crippen molar-refractivity contribution < 1.29 is 4.74 Å². The third kappa shape index (κ3) is 5.01. The number of nitrogens with zero attached hydrogens (tertiary/aromatic N) is 1. The van der Waals surface area contributed by atoms with Crippen LogP contribution in [-0.2, 0) is 0 Å². The van der Waals surface area contributed by atoms with Gasteiger partial charge in [-0.2, -0.15) is 0 Å². The van der Waals surface area contributed by atoms with Gasteiger partial charge in [0.2, 0.25) is 0 Å². The van der Waals surface area contributed by atoms with Crippen molar-refractivity contribution in [3.05, 3.63) is 29.8 Å². The van der Waals surface area contributed by atoms with Gasteiger partial charge in [0.25, 0.3) is 0 Å². The van der Waals surface area contributed by atoms with Crippen LogP contribution in [0.1, 0.15) is 51.1 Å². The highest BCUT2D eigenvalue weighted by atomic mass is 16.5. The van der Waals surface area contributed by atoms with Crippen molar-refractivity contribution in [1.82, 2.24) is 10.2 Å². The Labute approximate surface area is 129 Å². The number of hydrogen-bond donors (Lipinski definition) is 1. The first-order valence-corrected chi connectivity index (χ1v) is 8.35. The van der Waals surface area contributed by atoms with E-state index in [1.807, 2.05) is 0 Å². The number of rotatable bonds is 7. The molecule has 3 nitrogen and oxygen atoms in total. The molecule has 1 aromatic carbocycles. The lowest BCUT2D eigenvalue weighted by Gasteiger charge is -2.31. The number of likely N-dealkylation sites (tertiary alicyclic amines) is 1. The van der Waals surface area contributed by atoms with Gasteiger partial charge in [-0.3, -0.25) is 0 Å². The van der Waals surface area contributed by atoms with Crippen LogP contribution in [0, 0.1) is 0 Å². The van der Waals surface area contributed by atoms with E-state index in [0.29, 0.717) is 12.1 Å². The van der Waals surface area contributed by atoms with Crippen molar-refractivity contribution in [2.24, 2.45) is 0 Å². The highest BCUT2D eigenvalue weighted by molar-refractivity contribution is 5.29. The van der Waals surface area contributed by atoms with E-state index in [-0.39, 0.29) is 0 Å². The van der Waals surface area contributed by atoms with Crippen LogP contribution in [-0.4, -0.2) is 37.7 Å². The molecule has 0 spiro atoms. The Morgan fingerprint density at radius 3 is 2.38 bits per heavy atom. The van der Waals surface area contributed by atoms with Crippen LogP contribution in [0.25, 0.3) is 0 Å². The maximum atomic E-state index is 5.24. The summed E-state index contributed by atoms with van der Waals surface area (Å²) >= 11 is 0. The molecule has 0 saturated carbocycles. The molecule has 2 unspecified atom stereocenters. The molecule has 0 aliphatic carbocycles. The zero-order valence-electron chi connectivity index (χ0n) is 13.8. The van der Waals surface area contributed by atoms with Crippen LogP contribution < -0.4 is 10.1 Å². The second-order valence-corrected chi connectivity index (χ2v) is 6.16. The maximum Gasteiger partial charge on any atom is 0.118 e. The summed E-state index contributed by atoms with van der Waals surface area (Å²) in [6.07, 6.45) is 5.24. The van der Waals surface area contributed by atoms with E-state index < -0.39 is 0 Å². The standard InChI is InChI=1S/C18H30N2O/c1-4-18(16-8-10-17(21-3)11-9-16)19-15(2)14-20-12-6-5-7-13-20/h8-11,15,18-19H,4-7,12-14H2,1-3H3. The Kier molecular flexibility index (Phi) is 6.52. The van der Waals surface area contributed by atoms with Crippen LogP contribution >= 0.6 is 0 Å². The number of nitrogens with one attached hydrogen (secondary N) is 1. The smallest absolute Gasteiger partial charge is 0.118 e. The van der Waals surface area contributed by atoms with Gasteiger partial charge in [0, 0.05) is 18.6 Å². The van der Waals surface area contributed by atoms with Crippen LogP contribution in [0.5, 0.6) is 5.75 Å². The van der Waals surface area contributed by atoms with Crippen molar-refractivity contribution in [3.8, 4) is 5.75 Å². The second-order valence-electron chi connectivity index (χ2n) is 6.16. The first-order valence-electron chi connectivity index (χ1n) is 8.35. The molecule has 1 aromatic rings. The molecule has 0 radical (unpaired) electrons. The van der Waals surface area contributed by atoms with E-state index in [4.69, 9.17) is 4.74 Å². The highest BCUT2D eigenvalue weighted by Crippen LogP contribution is 2.21. The molecule has 21 heavy (non-hydrogen) atoms.